The number of benzene rings is 2. The van der Waals surface area contributed by atoms with Crippen LogP contribution in [0, 0.1) is 0 Å². The number of furan rings is 1. The molecule has 0 bridgehead atoms. The Bertz CT molecular complexity index is 1370. The fourth-order valence-electron chi connectivity index (χ4n) is 3.35. The highest BCUT2D eigenvalue weighted by molar-refractivity contribution is 8.18. The van der Waals surface area contributed by atoms with Crippen molar-refractivity contribution in [3.05, 3.63) is 69.2 Å². The molecule has 2 aliphatic heterocycles. The number of hydrogen-bond acceptors (Lipinski definition) is 7. The summed E-state index contributed by atoms with van der Waals surface area (Å²) in [5, 5.41) is 2.82. The van der Waals surface area contributed by atoms with Crippen molar-refractivity contribution in [3.8, 4) is 22.8 Å². The van der Waals surface area contributed by atoms with E-state index in [4.69, 9.17) is 37.1 Å². The number of anilines is 1. The molecule has 0 radical (unpaired) electrons. The molecule has 2 aromatic carbocycles. The van der Waals surface area contributed by atoms with Gasteiger partial charge in [0.2, 0.25) is 12.7 Å². The van der Waals surface area contributed by atoms with E-state index in [1.54, 1.807) is 48.5 Å². The summed E-state index contributed by atoms with van der Waals surface area (Å²) >= 11 is 13.0. The van der Waals surface area contributed by atoms with Crippen molar-refractivity contribution in [2.24, 2.45) is 0 Å². The predicted molar refractivity (Wildman–Crippen MR) is 128 cm³/mol. The van der Waals surface area contributed by atoms with Crippen LogP contribution in [0.2, 0.25) is 10.0 Å². The summed E-state index contributed by atoms with van der Waals surface area (Å²) in [4.78, 5) is 38.6. The summed E-state index contributed by atoms with van der Waals surface area (Å²) < 4.78 is 16.3. The predicted octanol–water partition coefficient (Wildman–Crippen LogP) is 5.66. The first-order valence-electron chi connectivity index (χ1n) is 9.88. The van der Waals surface area contributed by atoms with Crippen LogP contribution in [0.15, 0.2) is 57.9 Å². The number of nitrogens with one attached hydrogen (secondary N) is 1. The second kappa shape index (κ2) is 9.09. The molecule has 8 nitrogen and oxygen atoms in total. The van der Waals surface area contributed by atoms with E-state index in [1.807, 2.05) is 0 Å². The van der Waals surface area contributed by atoms with Gasteiger partial charge in [-0.15, -0.1) is 0 Å². The molecule has 0 saturated carbocycles. The Balaban J connectivity index is 1.27. The van der Waals surface area contributed by atoms with E-state index in [0.29, 0.717) is 44.3 Å². The highest BCUT2D eigenvalue weighted by Crippen LogP contribution is 2.37. The lowest BCUT2D eigenvalue weighted by Gasteiger charge is -2.12. The Kier molecular flexibility index (Phi) is 5.99. The summed E-state index contributed by atoms with van der Waals surface area (Å²) in [6.45, 7) is -0.322. The summed E-state index contributed by atoms with van der Waals surface area (Å²) in [6.07, 6.45) is 1.45. The molecule has 5 rings (SSSR count). The average molecular weight is 517 g/mol. The van der Waals surface area contributed by atoms with Crippen molar-refractivity contribution in [1.29, 1.82) is 0 Å². The van der Waals surface area contributed by atoms with E-state index >= 15 is 0 Å². The van der Waals surface area contributed by atoms with Crippen molar-refractivity contribution in [1.82, 2.24) is 4.90 Å². The third kappa shape index (κ3) is 4.37. The van der Waals surface area contributed by atoms with Crippen LogP contribution < -0.4 is 14.8 Å². The molecular formula is C23H14Cl2N2O6S. The van der Waals surface area contributed by atoms with Gasteiger partial charge in [0.05, 0.1) is 15.0 Å². The lowest BCUT2D eigenvalue weighted by molar-refractivity contribution is -0.127. The number of amides is 3. The first-order valence-corrected chi connectivity index (χ1v) is 11.5. The van der Waals surface area contributed by atoms with Gasteiger partial charge in [-0.2, -0.15) is 0 Å². The van der Waals surface area contributed by atoms with Gasteiger partial charge in [-0.05, 0) is 48.2 Å². The smallest absolute Gasteiger partial charge is 0.294 e. The van der Waals surface area contributed by atoms with E-state index in [0.717, 1.165) is 16.7 Å². The van der Waals surface area contributed by atoms with Crippen LogP contribution in [-0.4, -0.2) is 35.3 Å². The lowest BCUT2D eigenvalue weighted by Crippen LogP contribution is -2.36. The van der Waals surface area contributed by atoms with Crippen LogP contribution in [-0.2, 0) is 9.59 Å². The first-order chi connectivity index (χ1) is 16.4. The number of hydrogen-bond donors (Lipinski definition) is 1. The molecule has 0 aliphatic carbocycles. The second-order valence-electron chi connectivity index (χ2n) is 7.19. The molecule has 34 heavy (non-hydrogen) atoms. The molecule has 2 aliphatic rings. The van der Waals surface area contributed by atoms with Crippen molar-refractivity contribution in [3.63, 3.8) is 0 Å². The van der Waals surface area contributed by atoms with Gasteiger partial charge in [-0.25, -0.2) is 0 Å². The van der Waals surface area contributed by atoms with Gasteiger partial charge in [-0.3, -0.25) is 19.3 Å². The second-order valence-corrected chi connectivity index (χ2v) is 8.97. The maximum atomic E-state index is 12.8. The molecule has 1 aromatic heterocycles. The highest BCUT2D eigenvalue weighted by Gasteiger charge is 2.36. The highest BCUT2D eigenvalue weighted by atomic mass is 35.5. The zero-order valence-electron chi connectivity index (χ0n) is 17.2. The largest absolute Gasteiger partial charge is 0.457 e. The van der Waals surface area contributed by atoms with Crippen LogP contribution in [0.4, 0.5) is 10.5 Å². The maximum absolute atomic E-state index is 12.8. The van der Waals surface area contributed by atoms with E-state index in [2.05, 4.69) is 5.32 Å². The van der Waals surface area contributed by atoms with E-state index in [1.165, 1.54) is 6.08 Å². The minimum Gasteiger partial charge on any atom is -0.457 e. The number of thioether (sulfide) groups is 1. The summed E-state index contributed by atoms with van der Waals surface area (Å²) in [5.74, 6) is 0.770. The molecule has 0 unspecified atom stereocenters. The fraction of sp³-hybridized carbons (Fsp3) is 0.0870. The molecule has 1 N–H and O–H groups in total. The first kappa shape index (κ1) is 22.4. The van der Waals surface area contributed by atoms with Gasteiger partial charge in [0, 0.05) is 23.4 Å². The van der Waals surface area contributed by atoms with Crippen molar-refractivity contribution >= 4 is 63.8 Å². The molecule has 172 valence electrons. The molecule has 1 saturated heterocycles. The molecule has 1 fully saturated rings. The van der Waals surface area contributed by atoms with E-state index in [-0.39, 0.29) is 11.7 Å². The third-order valence-electron chi connectivity index (χ3n) is 4.95. The molecule has 3 amide bonds. The van der Waals surface area contributed by atoms with Gasteiger partial charge in [-0.1, -0.05) is 29.3 Å². The average Bonchev–Trinajstić information content (AvgIpc) is 3.52. The van der Waals surface area contributed by atoms with Crippen molar-refractivity contribution in [2.45, 2.75) is 0 Å². The van der Waals surface area contributed by atoms with Gasteiger partial charge in [0.1, 0.15) is 18.1 Å². The zero-order valence-corrected chi connectivity index (χ0v) is 19.5. The van der Waals surface area contributed by atoms with Gasteiger partial charge >= 0.3 is 0 Å². The number of rotatable bonds is 5. The Labute approximate surface area is 207 Å². The van der Waals surface area contributed by atoms with Crippen molar-refractivity contribution in [2.75, 3.05) is 18.7 Å². The van der Waals surface area contributed by atoms with Gasteiger partial charge in [0.25, 0.3) is 11.1 Å². The number of fused-ring (bicyclic) bond motifs is 1. The molecule has 3 aromatic rings. The monoisotopic (exact) mass is 516 g/mol. The number of carbonyl (C=O) groups is 3. The van der Waals surface area contributed by atoms with E-state index in [9.17, 15) is 14.4 Å². The van der Waals surface area contributed by atoms with E-state index < -0.39 is 23.6 Å². The van der Waals surface area contributed by atoms with Gasteiger partial charge in [0.15, 0.2) is 11.5 Å². The molecule has 11 heteroatoms. The topological polar surface area (TPSA) is 98.1 Å². The number of imide groups is 1. The number of halogens is 2. The Morgan fingerprint density at radius 1 is 1.09 bits per heavy atom. The molecule has 3 heterocycles. The minimum atomic E-state index is -0.588. The van der Waals surface area contributed by atoms with Crippen LogP contribution in [0.1, 0.15) is 5.76 Å². The summed E-state index contributed by atoms with van der Waals surface area (Å²) in [6, 6.07) is 13.4. The fourth-order valence-corrected chi connectivity index (χ4v) is 4.57. The summed E-state index contributed by atoms with van der Waals surface area (Å²) in [5.41, 5.74) is 1.06. The van der Waals surface area contributed by atoms with Gasteiger partial charge < -0.3 is 19.2 Å². The molecule has 0 spiro atoms. The SMILES string of the molecule is O=C(CN1C(=O)S/C(=C/c2ccc(-c3cccc(Cl)c3Cl)o2)C1=O)Nc1ccc2c(c1)OCO2. The minimum absolute atomic E-state index is 0.110. The van der Waals surface area contributed by atoms with Crippen LogP contribution >= 0.6 is 35.0 Å². The van der Waals surface area contributed by atoms with Crippen LogP contribution in [0.3, 0.4) is 0 Å². The number of ether oxygens (including phenoxy) is 2. The Morgan fingerprint density at radius 2 is 1.91 bits per heavy atom. The van der Waals surface area contributed by atoms with Crippen LogP contribution in [0.25, 0.3) is 17.4 Å². The van der Waals surface area contributed by atoms with Crippen molar-refractivity contribution < 1.29 is 28.3 Å². The summed E-state index contributed by atoms with van der Waals surface area (Å²) in [7, 11) is 0. The third-order valence-corrected chi connectivity index (χ3v) is 6.68. The standard InChI is InChI=1S/C23H14Cl2N2O6S/c24-15-3-1-2-14(21(15)25)16-7-5-13(33-16)9-19-22(29)27(23(30)34-19)10-20(28)26-12-4-6-17-18(8-12)32-11-31-17/h1-9H,10-11H2,(H,26,28)/b19-9+. The number of carbonyl (C=O) groups excluding carboxylic acids is 3. The van der Waals surface area contributed by atoms with Crippen LogP contribution in [0.5, 0.6) is 11.5 Å². The molecule has 0 atom stereocenters. The number of nitrogens with zero attached hydrogens (tertiary/aromatic N) is 1. The zero-order chi connectivity index (χ0) is 23.8. The maximum Gasteiger partial charge on any atom is 0.294 e. The molecular weight excluding hydrogens is 503 g/mol. The Morgan fingerprint density at radius 3 is 2.76 bits per heavy atom. The Hall–Kier alpha value is -3.40. The quantitative estimate of drug-likeness (QED) is 0.437. The lowest BCUT2D eigenvalue weighted by atomic mass is 10.2. The normalized spacial score (nSPS) is 15.9.